The molecule has 5 nitrogen and oxygen atoms in total. The predicted octanol–water partition coefficient (Wildman–Crippen LogP) is 3.84. The van der Waals surface area contributed by atoms with Gasteiger partial charge in [-0.1, -0.05) is 23.8 Å². The van der Waals surface area contributed by atoms with Crippen molar-refractivity contribution in [3.05, 3.63) is 59.2 Å². The molecular formula is C20H24N2O3S. The van der Waals surface area contributed by atoms with Gasteiger partial charge >= 0.3 is 5.97 Å². The van der Waals surface area contributed by atoms with Gasteiger partial charge < -0.3 is 20.1 Å². The number of hydrogen-bond donors (Lipinski definition) is 2. The molecule has 0 amide bonds. The fourth-order valence-electron chi connectivity index (χ4n) is 2.28. The summed E-state index contributed by atoms with van der Waals surface area (Å²) in [6.07, 6.45) is 0. The van der Waals surface area contributed by atoms with Gasteiger partial charge in [0, 0.05) is 5.69 Å². The third kappa shape index (κ3) is 5.74. The largest absolute Gasteiger partial charge is 0.491 e. The Labute approximate surface area is 159 Å². The van der Waals surface area contributed by atoms with Crippen molar-refractivity contribution in [3.8, 4) is 5.75 Å². The number of carbonyl (C=O) groups excluding carboxylic acids is 1. The van der Waals surface area contributed by atoms with Gasteiger partial charge in [0.25, 0.3) is 0 Å². The fraction of sp³-hybridized carbons (Fsp3) is 0.300. The number of benzene rings is 2. The summed E-state index contributed by atoms with van der Waals surface area (Å²) in [7, 11) is 1.36. The molecule has 1 atom stereocenters. The quantitative estimate of drug-likeness (QED) is 0.593. The van der Waals surface area contributed by atoms with E-state index in [0.717, 1.165) is 17.0 Å². The van der Waals surface area contributed by atoms with Crippen molar-refractivity contribution < 1.29 is 14.3 Å². The molecule has 138 valence electrons. The summed E-state index contributed by atoms with van der Waals surface area (Å²) in [6.45, 7) is 6.44. The summed E-state index contributed by atoms with van der Waals surface area (Å²) in [5.41, 5.74) is 3.40. The maximum atomic E-state index is 11.7. The second-order valence-electron chi connectivity index (χ2n) is 6.14. The summed E-state index contributed by atoms with van der Waals surface area (Å²) >= 11 is 5.36. The molecule has 26 heavy (non-hydrogen) atoms. The van der Waals surface area contributed by atoms with Crippen LogP contribution in [0.5, 0.6) is 5.75 Å². The Bertz CT molecular complexity index is 775. The van der Waals surface area contributed by atoms with Gasteiger partial charge in [0.1, 0.15) is 12.4 Å². The van der Waals surface area contributed by atoms with Gasteiger partial charge in [-0.25, -0.2) is 4.79 Å². The molecule has 0 heterocycles. The minimum atomic E-state index is -0.383. The fourth-order valence-corrected chi connectivity index (χ4v) is 2.59. The molecule has 0 aromatic heterocycles. The van der Waals surface area contributed by atoms with Gasteiger partial charge in [-0.05, 0) is 62.8 Å². The van der Waals surface area contributed by atoms with Gasteiger partial charge in [0.05, 0.1) is 18.7 Å². The average Bonchev–Trinajstić information content (AvgIpc) is 2.62. The maximum Gasteiger partial charge on any atom is 0.337 e. The van der Waals surface area contributed by atoms with Crippen molar-refractivity contribution >= 4 is 29.0 Å². The van der Waals surface area contributed by atoms with Crippen LogP contribution in [0, 0.1) is 13.8 Å². The van der Waals surface area contributed by atoms with Crippen molar-refractivity contribution in [2.75, 3.05) is 19.0 Å². The first kappa shape index (κ1) is 19.7. The summed E-state index contributed by atoms with van der Waals surface area (Å²) in [6, 6.07) is 13.2. The Hall–Kier alpha value is -2.60. The number of esters is 1. The smallest absolute Gasteiger partial charge is 0.337 e. The van der Waals surface area contributed by atoms with E-state index >= 15 is 0 Å². The highest BCUT2D eigenvalue weighted by Gasteiger charge is 2.10. The first-order chi connectivity index (χ1) is 12.4. The Morgan fingerprint density at radius 2 is 1.85 bits per heavy atom. The van der Waals surface area contributed by atoms with E-state index in [0.29, 0.717) is 17.3 Å². The lowest BCUT2D eigenvalue weighted by Crippen LogP contribution is -2.39. The Morgan fingerprint density at radius 1 is 1.15 bits per heavy atom. The standard InChI is InChI=1S/C20H24N2O3S/c1-13-5-9-17(10-6-13)25-12-15(3)21-20(26)22-18-11-16(19(23)24-4)8-7-14(18)2/h5-11,15H,12H2,1-4H3,(H2,21,22,26)/t15-/m0/s1. The number of carbonyl (C=O) groups is 1. The molecule has 0 saturated carbocycles. The normalized spacial score (nSPS) is 11.4. The zero-order chi connectivity index (χ0) is 19.1. The van der Waals surface area contributed by atoms with Crippen molar-refractivity contribution in [2.45, 2.75) is 26.8 Å². The van der Waals surface area contributed by atoms with Crippen LogP contribution in [0.25, 0.3) is 0 Å². The van der Waals surface area contributed by atoms with Gasteiger partial charge in [-0.15, -0.1) is 0 Å². The number of aryl methyl sites for hydroxylation is 2. The second-order valence-corrected chi connectivity index (χ2v) is 6.55. The first-order valence-corrected chi connectivity index (χ1v) is 8.76. The van der Waals surface area contributed by atoms with E-state index in [1.54, 1.807) is 12.1 Å². The zero-order valence-corrected chi connectivity index (χ0v) is 16.3. The van der Waals surface area contributed by atoms with E-state index in [9.17, 15) is 4.79 Å². The summed E-state index contributed by atoms with van der Waals surface area (Å²) < 4.78 is 10.5. The lowest BCUT2D eigenvalue weighted by Gasteiger charge is -2.19. The molecule has 0 fully saturated rings. The second kappa shape index (κ2) is 9.20. The lowest BCUT2D eigenvalue weighted by molar-refractivity contribution is 0.0601. The Kier molecular flexibility index (Phi) is 6.97. The van der Waals surface area contributed by atoms with Crippen molar-refractivity contribution in [1.29, 1.82) is 0 Å². The molecule has 0 radical (unpaired) electrons. The van der Waals surface area contributed by atoms with E-state index < -0.39 is 0 Å². The van der Waals surface area contributed by atoms with Crippen molar-refractivity contribution in [1.82, 2.24) is 5.32 Å². The van der Waals surface area contributed by atoms with Crippen LogP contribution in [0.15, 0.2) is 42.5 Å². The number of hydrogen-bond acceptors (Lipinski definition) is 4. The van der Waals surface area contributed by atoms with Gasteiger partial charge in [0.2, 0.25) is 0 Å². The molecule has 0 aliphatic carbocycles. The molecule has 0 aliphatic heterocycles. The van der Waals surface area contributed by atoms with E-state index in [-0.39, 0.29) is 12.0 Å². The van der Waals surface area contributed by atoms with Crippen LogP contribution >= 0.6 is 12.2 Å². The molecule has 0 aliphatic rings. The zero-order valence-electron chi connectivity index (χ0n) is 15.5. The molecule has 0 saturated heterocycles. The predicted molar refractivity (Wildman–Crippen MR) is 108 cm³/mol. The van der Waals surface area contributed by atoms with Crippen molar-refractivity contribution in [2.24, 2.45) is 0 Å². The minimum absolute atomic E-state index is 0.0143. The summed E-state index contributed by atoms with van der Waals surface area (Å²) in [5, 5.41) is 6.77. The Morgan fingerprint density at radius 3 is 2.50 bits per heavy atom. The number of anilines is 1. The molecule has 2 aromatic rings. The van der Waals surface area contributed by atoms with E-state index in [2.05, 4.69) is 10.6 Å². The number of methoxy groups -OCH3 is 1. The van der Waals surface area contributed by atoms with Gasteiger partial charge in [-0.3, -0.25) is 0 Å². The van der Waals surface area contributed by atoms with Gasteiger partial charge in [0.15, 0.2) is 5.11 Å². The molecule has 6 heteroatoms. The number of ether oxygens (including phenoxy) is 2. The van der Waals surface area contributed by atoms with Crippen LogP contribution in [-0.4, -0.2) is 30.8 Å². The van der Waals surface area contributed by atoms with Gasteiger partial charge in [-0.2, -0.15) is 0 Å². The first-order valence-electron chi connectivity index (χ1n) is 8.35. The highest BCUT2D eigenvalue weighted by atomic mass is 32.1. The molecular weight excluding hydrogens is 348 g/mol. The molecule has 2 N–H and O–H groups in total. The molecule has 0 bridgehead atoms. The van der Waals surface area contributed by atoms with E-state index in [1.165, 1.54) is 12.7 Å². The monoisotopic (exact) mass is 372 g/mol. The topological polar surface area (TPSA) is 59.6 Å². The van der Waals surface area contributed by atoms with Crippen molar-refractivity contribution in [3.63, 3.8) is 0 Å². The molecule has 2 rings (SSSR count). The minimum Gasteiger partial charge on any atom is -0.491 e. The summed E-state index contributed by atoms with van der Waals surface area (Å²) in [5.74, 6) is 0.441. The van der Waals surface area contributed by atoms with Crippen LogP contribution in [0.3, 0.4) is 0 Å². The third-order valence-electron chi connectivity index (χ3n) is 3.81. The van der Waals surface area contributed by atoms with Crippen LogP contribution in [0.1, 0.15) is 28.4 Å². The third-order valence-corrected chi connectivity index (χ3v) is 4.03. The van der Waals surface area contributed by atoms with Crippen LogP contribution < -0.4 is 15.4 Å². The highest BCUT2D eigenvalue weighted by molar-refractivity contribution is 7.80. The van der Waals surface area contributed by atoms with Crippen LogP contribution in [0.2, 0.25) is 0 Å². The molecule has 0 spiro atoms. The molecule has 0 unspecified atom stereocenters. The maximum absolute atomic E-state index is 11.7. The average molecular weight is 372 g/mol. The van der Waals surface area contributed by atoms with Crippen LogP contribution in [0.4, 0.5) is 5.69 Å². The van der Waals surface area contributed by atoms with E-state index in [1.807, 2.05) is 51.1 Å². The Balaban J connectivity index is 1.89. The SMILES string of the molecule is COC(=O)c1ccc(C)c(NC(=S)N[C@@H](C)COc2ccc(C)cc2)c1. The van der Waals surface area contributed by atoms with E-state index in [4.69, 9.17) is 21.7 Å². The number of rotatable bonds is 6. The number of thiocarbonyl (C=S) groups is 1. The molecule has 2 aromatic carbocycles. The lowest BCUT2D eigenvalue weighted by atomic mass is 10.1. The number of nitrogens with one attached hydrogen (secondary N) is 2. The van der Waals surface area contributed by atoms with Crippen LogP contribution in [-0.2, 0) is 4.74 Å². The highest BCUT2D eigenvalue weighted by Crippen LogP contribution is 2.17. The summed E-state index contributed by atoms with van der Waals surface area (Å²) in [4.78, 5) is 11.7.